The molecule has 0 heterocycles. The van der Waals surface area contributed by atoms with E-state index in [1.54, 1.807) is 0 Å². The monoisotopic (exact) mass is 354 g/mol. The normalized spacial score (nSPS) is 9.21. The number of carboxylic acid groups (broad SMARTS) is 1. The van der Waals surface area contributed by atoms with Gasteiger partial charge in [-0.1, -0.05) is 13.3 Å². The Hall–Kier alpha value is -1.22. The Morgan fingerprint density at radius 3 is 1.71 bits per heavy atom. The van der Waals surface area contributed by atoms with E-state index >= 15 is 0 Å². The van der Waals surface area contributed by atoms with Crippen molar-refractivity contribution in [3.05, 3.63) is 0 Å². The van der Waals surface area contributed by atoms with Crippen LogP contribution >= 0.6 is 0 Å². The van der Waals surface area contributed by atoms with Crippen LogP contribution in [0.5, 0.6) is 0 Å². The number of carbonyl (C=O) groups is 2. The maximum atomic E-state index is 10.7. The van der Waals surface area contributed by atoms with Crippen molar-refractivity contribution in [2.45, 2.75) is 46.5 Å². The van der Waals surface area contributed by atoms with Crippen LogP contribution in [0, 0.1) is 0 Å². The molecule has 0 aromatic rings. The van der Waals surface area contributed by atoms with Gasteiger partial charge in [-0.2, -0.15) is 0 Å². The van der Waals surface area contributed by atoms with E-state index in [0.717, 1.165) is 26.1 Å². The van der Waals surface area contributed by atoms with Crippen molar-refractivity contribution in [1.29, 1.82) is 0 Å². The molecule has 24 heavy (non-hydrogen) atoms. The van der Waals surface area contributed by atoms with Crippen molar-refractivity contribution in [2.24, 2.45) is 0 Å². The molecule has 146 valence electrons. The second-order valence-corrected chi connectivity index (χ2v) is 4.31. The van der Waals surface area contributed by atoms with Gasteiger partial charge in [0.2, 0.25) is 0 Å². The first-order valence-electron chi connectivity index (χ1n) is 8.24. The molecule has 0 aliphatic heterocycles. The Balaban J connectivity index is -0.000000311. The first-order chi connectivity index (χ1) is 11.5. The van der Waals surface area contributed by atoms with Gasteiger partial charge in [-0.25, -0.2) is 0 Å². The van der Waals surface area contributed by atoms with E-state index in [1.807, 2.05) is 20.8 Å². The average Bonchev–Trinajstić information content (AvgIpc) is 2.56. The zero-order valence-corrected chi connectivity index (χ0v) is 15.2. The number of hydrogen-bond acceptors (Lipinski definition) is 7. The van der Waals surface area contributed by atoms with Crippen LogP contribution in [0.4, 0.5) is 0 Å². The zero-order valence-electron chi connectivity index (χ0n) is 15.2. The largest absolute Gasteiger partial charge is 0.481 e. The number of carboxylic acids is 1. The average molecular weight is 354 g/mol. The number of unbranched alkanes of at least 4 members (excludes halogenated alkanes) is 1. The molecule has 0 saturated carbocycles. The molecule has 0 aliphatic carbocycles. The van der Waals surface area contributed by atoms with Gasteiger partial charge < -0.3 is 29.5 Å². The SMILES string of the molecule is CCCCOC(=O)CCC(=O)O.CCOCC.OCCOCCO. The number of aliphatic hydroxyl groups is 2. The number of ether oxygens (including phenoxy) is 3. The standard InChI is InChI=1S/C8H14O4.C4H10O3.C4H10O/c1-2-3-6-12-8(11)5-4-7(9)10;5-1-3-7-4-2-6;1-3-5-4-2/h2-6H2,1H3,(H,9,10);5-6H,1-4H2;3-4H2,1-2H3. The van der Waals surface area contributed by atoms with Crippen molar-refractivity contribution in [1.82, 2.24) is 0 Å². The van der Waals surface area contributed by atoms with E-state index in [9.17, 15) is 9.59 Å². The topological polar surface area (TPSA) is 123 Å². The van der Waals surface area contributed by atoms with Crippen LogP contribution in [0.1, 0.15) is 46.5 Å². The summed E-state index contributed by atoms with van der Waals surface area (Å²) in [5.41, 5.74) is 0. The van der Waals surface area contributed by atoms with E-state index in [1.165, 1.54) is 0 Å². The smallest absolute Gasteiger partial charge is 0.306 e. The van der Waals surface area contributed by atoms with E-state index in [0.29, 0.717) is 19.8 Å². The molecule has 0 spiro atoms. The number of aliphatic carboxylic acids is 1. The molecule has 0 saturated heterocycles. The molecule has 8 nitrogen and oxygen atoms in total. The van der Waals surface area contributed by atoms with Gasteiger partial charge in [0.25, 0.3) is 0 Å². The highest BCUT2D eigenvalue weighted by atomic mass is 16.5. The molecular weight excluding hydrogens is 320 g/mol. The minimum Gasteiger partial charge on any atom is -0.481 e. The number of carbonyl (C=O) groups excluding carboxylic acids is 1. The van der Waals surface area contributed by atoms with E-state index in [-0.39, 0.29) is 26.1 Å². The van der Waals surface area contributed by atoms with Gasteiger partial charge in [-0.15, -0.1) is 0 Å². The summed E-state index contributed by atoms with van der Waals surface area (Å²) in [7, 11) is 0. The van der Waals surface area contributed by atoms with Crippen LogP contribution < -0.4 is 0 Å². The Morgan fingerprint density at radius 1 is 0.833 bits per heavy atom. The Morgan fingerprint density at radius 2 is 1.38 bits per heavy atom. The summed E-state index contributed by atoms with van der Waals surface area (Å²) in [4.78, 5) is 20.8. The molecule has 0 rings (SSSR count). The summed E-state index contributed by atoms with van der Waals surface area (Å²) < 4.78 is 14.2. The second-order valence-electron chi connectivity index (χ2n) is 4.31. The van der Waals surface area contributed by atoms with Gasteiger partial charge in [-0.05, 0) is 20.3 Å². The van der Waals surface area contributed by atoms with E-state index < -0.39 is 11.9 Å². The minimum atomic E-state index is -0.970. The number of esters is 1. The number of hydrogen-bond donors (Lipinski definition) is 3. The van der Waals surface area contributed by atoms with Crippen LogP contribution in [0.3, 0.4) is 0 Å². The number of rotatable bonds is 12. The highest BCUT2D eigenvalue weighted by Gasteiger charge is 2.05. The second kappa shape index (κ2) is 26.7. The lowest BCUT2D eigenvalue weighted by molar-refractivity contribution is -0.147. The van der Waals surface area contributed by atoms with Crippen molar-refractivity contribution in [3.63, 3.8) is 0 Å². The van der Waals surface area contributed by atoms with Crippen molar-refractivity contribution in [2.75, 3.05) is 46.2 Å². The highest BCUT2D eigenvalue weighted by molar-refractivity contribution is 5.76. The lowest BCUT2D eigenvalue weighted by Crippen LogP contribution is -2.08. The third kappa shape index (κ3) is 37.2. The quantitative estimate of drug-likeness (QED) is 0.353. The zero-order chi connectivity index (χ0) is 19.1. The molecule has 0 bridgehead atoms. The fourth-order valence-corrected chi connectivity index (χ4v) is 1.05. The van der Waals surface area contributed by atoms with Crippen LogP contribution in [-0.4, -0.2) is 73.5 Å². The summed E-state index contributed by atoms with van der Waals surface area (Å²) in [6, 6.07) is 0. The van der Waals surface area contributed by atoms with Crippen molar-refractivity contribution >= 4 is 11.9 Å². The van der Waals surface area contributed by atoms with Crippen molar-refractivity contribution in [3.8, 4) is 0 Å². The Bertz CT molecular complexity index is 252. The summed E-state index contributed by atoms with van der Waals surface area (Å²) in [5.74, 6) is -1.40. The highest BCUT2D eigenvalue weighted by Crippen LogP contribution is 1.95. The first-order valence-corrected chi connectivity index (χ1v) is 8.24. The molecule has 0 radical (unpaired) electrons. The molecule has 0 aromatic heterocycles. The van der Waals surface area contributed by atoms with Crippen LogP contribution in [-0.2, 0) is 23.8 Å². The number of aliphatic hydroxyl groups excluding tert-OH is 2. The molecule has 0 unspecified atom stereocenters. The maximum absolute atomic E-state index is 10.7. The summed E-state index contributed by atoms with van der Waals surface area (Å²) >= 11 is 0. The molecule has 0 aliphatic rings. The van der Waals surface area contributed by atoms with Gasteiger partial charge >= 0.3 is 11.9 Å². The molecule has 0 aromatic carbocycles. The molecular formula is C16H34O8. The van der Waals surface area contributed by atoms with Gasteiger partial charge in [0.15, 0.2) is 0 Å². The third-order valence-corrected chi connectivity index (χ3v) is 2.18. The van der Waals surface area contributed by atoms with E-state index in [4.69, 9.17) is 24.8 Å². The fraction of sp³-hybridized carbons (Fsp3) is 0.875. The summed E-state index contributed by atoms with van der Waals surface area (Å²) in [6.07, 6.45) is 1.62. The molecule has 0 atom stereocenters. The Labute approximate surface area is 144 Å². The molecule has 0 fully saturated rings. The van der Waals surface area contributed by atoms with E-state index in [2.05, 4.69) is 4.74 Å². The van der Waals surface area contributed by atoms with Crippen molar-refractivity contribution < 1.29 is 39.1 Å². The van der Waals surface area contributed by atoms with Gasteiger partial charge in [-0.3, -0.25) is 9.59 Å². The van der Waals surface area contributed by atoms with Crippen LogP contribution in [0.15, 0.2) is 0 Å². The van der Waals surface area contributed by atoms with Crippen LogP contribution in [0.2, 0.25) is 0 Å². The third-order valence-electron chi connectivity index (χ3n) is 2.18. The summed E-state index contributed by atoms with van der Waals surface area (Å²) in [5, 5.41) is 24.4. The lowest BCUT2D eigenvalue weighted by atomic mass is 10.3. The summed E-state index contributed by atoms with van der Waals surface area (Å²) in [6.45, 7) is 8.75. The lowest BCUT2D eigenvalue weighted by Gasteiger charge is -2.01. The fourth-order valence-electron chi connectivity index (χ4n) is 1.05. The minimum absolute atomic E-state index is 0.0278. The predicted octanol–water partition coefficient (Wildman–Crippen LogP) is 1.22. The van der Waals surface area contributed by atoms with Gasteiger partial charge in [0.1, 0.15) is 0 Å². The molecule has 3 N–H and O–H groups in total. The van der Waals surface area contributed by atoms with Crippen LogP contribution in [0.25, 0.3) is 0 Å². The molecule has 8 heteroatoms. The Kier molecular flexibility index (Phi) is 30.7. The van der Waals surface area contributed by atoms with Gasteiger partial charge in [0.05, 0.1) is 45.9 Å². The maximum Gasteiger partial charge on any atom is 0.306 e. The predicted molar refractivity (Wildman–Crippen MR) is 89.9 cm³/mol. The first kappa shape index (κ1) is 27.6. The molecule has 0 amide bonds. The van der Waals surface area contributed by atoms with Gasteiger partial charge in [0, 0.05) is 13.2 Å².